The Hall–Kier alpha value is -2.17. The third-order valence-corrected chi connectivity index (χ3v) is 7.12. The van der Waals surface area contributed by atoms with Crippen molar-refractivity contribution < 1.29 is 13.2 Å². The number of amides is 1. The van der Waals surface area contributed by atoms with Crippen molar-refractivity contribution in [3.8, 4) is 0 Å². The van der Waals surface area contributed by atoms with E-state index in [2.05, 4.69) is 31.4 Å². The summed E-state index contributed by atoms with van der Waals surface area (Å²) in [7, 11) is -3.52. The standard InChI is InChI=1S/C19H19BrN4O3S2/c1-2-24-17(13-29(26,27)16-6-4-3-5-7-16)22-23-19(24)28-12-18(25)21-15-10-8-14(20)9-11-15/h3-11H,2,12-13H2,1H3,(H,21,25). The number of hydrogen-bond acceptors (Lipinski definition) is 6. The van der Waals surface area contributed by atoms with Crippen LogP contribution in [0, 0.1) is 0 Å². The minimum absolute atomic E-state index is 0.139. The van der Waals surface area contributed by atoms with E-state index in [0.29, 0.717) is 23.2 Å². The Morgan fingerprint density at radius 3 is 2.45 bits per heavy atom. The highest BCUT2D eigenvalue weighted by molar-refractivity contribution is 9.10. The summed E-state index contributed by atoms with van der Waals surface area (Å²) in [6.45, 7) is 2.39. The van der Waals surface area contributed by atoms with Crippen LogP contribution in [-0.2, 0) is 26.9 Å². The van der Waals surface area contributed by atoms with Crippen LogP contribution in [0.3, 0.4) is 0 Å². The van der Waals surface area contributed by atoms with Crippen molar-refractivity contribution in [3.63, 3.8) is 0 Å². The SMILES string of the molecule is CCn1c(CS(=O)(=O)c2ccccc2)nnc1SCC(=O)Nc1ccc(Br)cc1. The number of rotatable bonds is 8. The molecule has 0 spiro atoms. The maximum absolute atomic E-state index is 12.6. The van der Waals surface area contributed by atoms with Gasteiger partial charge in [-0.25, -0.2) is 8.42 Å². The number of hydrogen-bond donors (Lipinski definition) is 1. The van der Waals surface area contributed by atoms with Crippen LogP contribution in [0.1, 0.15) is 12.7 Å². The molecular weight excluding hydrogens is 476 g/mol. The molecule has 0 aliphatic carbocycles. The van der Waals surface area contributed by atoms with Crippen molar-refractivity contribution in [2.24, 2.45) is 0 Å². The van der Waals surface area contributed by atoms with Crippen LogP contribution in [-0.4, -0.2) is 34.8 Å². The molecule has 29 heavy (non-hydrogen) atoms. The van der Waals surface area contributed by atoms with E-state index in [0.717, 1.165) is 4.47 Å². The van der Waals surface area contributed by atoms with E-state index >= 15 is 0 Å². The lowest BCUT2D eigenvalue weighted by Gasteiger charge is -2.08. The molecule has 0 fully saturated rings. The number of benzene rings is 2. The van der Waals surface area contributed by atoms with Gasteiger partial charge < -0.3 is 9.88 Å². The second-order valence-corrected chi connectivity index (χ2v) is 9.91. The van der Waals surface area contributed by atoms with Gasteiger partial charge in [0.1, 0.15) is 11.6 Å². The molecule has 10 heteroatoms. The Morgan fingerprint density at radius 2 is 1.79 bits per heavy atom. The average molecular weight is 495 g/mol. The van der Waals surface area contributed by atoms with E-state index in [4.69, 9.17) is 0 Å². The normalized spacial score (nSPS) is 11.4. The lowest BCUT2D eigenvalue weighted by Crippen LogP contribution is -2.15. The Bertz CT molecular complexity index is 1080. The fourth-order valence-electron chi connectivity index (χ4n) is 2.59. The molecule has 0 aliphatic rings. The summed E-state index contributed by atoms with van der Waals surface area (Å²) in [5, 5.41) is 11.4. The molecule has 0 aliphatic heterocycles. The number of halogens is 1. The second-order valence-electron chi connectivity index (χ2n) is 6.06. The Morgan fingerprint density at radius 1 is 1.10 bits per heavy atom. The first-order chi connectivity index (χ1) is 13.9. The van der Waals surface area contributed by atoms with Crippen molar-refractivity contribution in [1.82, 2.24) is 14.8 Å². The monoisotopic (exact) mass is 494 g/mol. The predicted molar refractivity (Wildman–Crippen MR) is 117 cm³/mol. The van der Waals surface area contributed by atoms with E-state index in [1.807, 2.05) is 19.1 Å². The maximum Gasteiger partial charge on any atom is 0.234 e. The van der Waals surface area contributed by atoms with Gasteiger partial charge in [-0.15, -0.1) is 10.2 Å². The quantitative estimate of drug-likeness (QED) is 0.479. The molecule has 152 valence electrons. The molecule has 0 atom stereocenters. The van der Waals surface area contributed by atoms with Crippen LogP contribution in [0.15, 0.2) is 69.1 Å². The first-order valence-corrected chi connectivity index (χ1v) is 12.2. The number of nitrogens with one attached hydrogen (secondary N) is 1. The minimum Gasteiger partial charge on any atom is -0.325 e. The van der Waals surface area contributed by atoms with Gasteiger partial charge in [-0.3, -0.25) is 4.79 Å². The Balaban J connectivity index is 1.66. The zero-order chi connectivity index (χ0) is 20.9. The molecule has 3 aromatic rings. The predicted octanol–water partition coefficient (Wildman–Crippen LogP) is 3.77. The number of aromatic nitrogens is 3. The van der Waals surface area contributed by atoms with Gasteiger partial charge in [0.25, 0.3) is 0 Å². The molecule has 0 radical (unpaired) electrons. The maximum atomic E-state index is 12.6. The van der Waals surface area contributed by atoms with Crippen LogP contribution < -0.4 is 5.32 Å². The van der Waals surface area contributed by atoms with Gasteiger partial charge in [0.05, 0.1) is 10.6 Å². The van der Waals surface area contributed by atoms with E-state index < -0.39 is 9.84 Å². The fraction of sp³-hybridized carbons (Fsp3) is 0.211. The third kappa shape index (κ3) is 5.68. The molecule has 0 bridgehead atoms. The number of sulfone groups is 1. The van der Waals surface area contributed by atoms with Gasteiger partial charge in [-0.1, -0.05) is 45.9 Å². The van der Waals surface area contributed by atoms with Crippen molar-refractivity contribution in [2.75, 3.05) is 11.1 Å². The topological polar surface area (TPSA) is 93.9 Å². The van der Waals surface area contributed by atoms with Crippen molar-refractivity contribution in [3.05, 3.63) is 64.9 Å². The van der Waals surface area contributed by atoms with Gasteiger partial charge in [0.15, 0.2) is 15.0 Å². The molecule has 0 unspecified atom stereocenters. The van der Waals surface area contributed by atoms with Crippen LogP contribution in [0.5, 0.6) is 0 Å². The van der Waals surface area contributed by atoms with Crippen LogP contribution >= 0.6 is 27.7 Å². The first kappa shape index (κ1) is 21.5. The first-order valence-electron chi connectivity index (χ1n) is 8.77. The van der Waals surface area contributed by atoms with Crippen LogP contribution in [0.25, 0.3) is 0 Å². The van der Waals surface area contributed by atoms with Gasteiger partial charge >= 0.3 is 0 Å². The summed E-state index contributed by atoms with van der Waals surface area (Å²) < 4.78 is 27.9. The van der Waals surface area contributed by atoms with E-state index in [1.54, 1.807) is 47.0 Å². The summed E-state index contributed by atoms with van der Waals surface area (Å²) in [6, 6.07) is 15.5. The van der Waals surface area contributed by atoms with Gasteiger partial charge in [-0.05, 0) is 43.3 Å². The number of anilines is 1. The summed E-state index contributed by atoms with van der Waals surface area (Å²) >= 11 is 4.57. The molecular formula is C19H19BrN4O3S2. The summed E-state index contributed by atoms with van der Waals surface area (Å²) in [5.74, 6) is 0.0666. The molecule has 0 saturated carbocycles. The van der Waals surface area contributed by atoms with Gasteiger partial charge in [0.2, 0.25) is 5.91 Å². The molecule has 1 aromatic heterocycles. The van der Waals surface area contributed by atoms with Crippen molar-refractivity contribution in [2.45, 2.75) is 29.3 Å². The zero-order valence-electron chi connectivity index (χ0n) is 15.6. The van der Waals surface area contributed by atoms with E-state index in [1.165, 1.54) is 11.8 Å². The molecule has 1 amide bonds. The van der Waals surface area contributed by atoms with Gasteiger partial charge in [0, 0.05) is 16.7 Å². The highest BCUT2D eigenvalue weighted by Gasteiger charge is 2.21. The number of carbonyl (C=O) groups is 1. The van der Waals surface area contributed by atoms with E-state index in [-0.39, 0.29) is 22.3 Å². The van der Waals surface area contributed by atoms with Crippen molar-refractivity contribution >= 4 is 49.1 Å². The minimum atomic E-state index is -3.52. The number of carbonyl (C=O) groups excluding carboxylic acids is 1. The third-order valence-electron chi connectivity index (χ3n) is 3.99. The highest BCUT2D eigenvalue weighted by atomic mass is 79.9. The average Bonchev–Trinajstić information content (AvgIpc) is 3.09. The molecule has 2 aromatic carbocycles. The van der Waals surface area contributed by atoms with Crippen molar-refractivity contribution in [1.29, 1.82) is 0 Å². The number of nitrogens with zero attached hydrogens (tertiary/aromatic N) is 3. The Labute approximate surface area is 182 Å². The van der Waals surface area contributed by atoms with Gasteiger partial charge in [-0.2, -0.15) is 0 Å². The second kappa shape index (κ2) is 9.55. The zero-order valence-corrected chi connectivity index (χ0v) is 18.8. The smallest absolute Gasteiger partial charge is 0.234 e. The lowest BCUT2D eigenvalue weighted by molar-refractivity contribution is -0.113. The summed E-state index contributed by atoms with van der Waals surface area (Å²) in [4.78, 5) is 12.4. The van der Waals surface area contributed by atoms with Crippen LogP contribution in [0.2, 0.25) is 0 Å². The largest absolute Gasteiger partial charge is 0.325 e. The van der Waals surface area contributed by atoms with E-state index in [9.17, 15) is 13.2 Å². The summed E-state index contributed by atoms with van der Waals surface area (Å²) in [6.07, 6.45) is 0. The molecule has 1 N–H and O–H groups in total. The van der Waals surface area contributed by atoms with Crippen LogP contribution in [0.4, 0.5) is 5.69 Å². The molecule has 0 saturated heterocycles. The fourth-order valence-corrected chi connectivity index (χ4v) is 4.97. The Kier molecular flexibility index (Phi) is 7.09. The lowest BCUT2D eigenvalue weighted by atomic mass is 10.3. The number of thioether (sulfide) groups is 1. The highest BCUT2D eigenvalue weighted by Crippen LogP contribution is 2.21. The molecule has 7 nitrogen and oxygen atoms in total. The summed E-state index contributed by atoms with van der Waals surface area (Å²) in [5.41, 5.74) is 0.699. The molecule has 3 rings (SSSR count). The molecule has 1 heterocycles.